The third-order valence-electron chi connectivity index (χ3n) is 4.23. The average molecular weight is 414 g/mol. The van der Waals surface area contributed by atoms with Crippen molar-refractivity contribution in [2.75, 3.05) is 12.4 Å². The summed E-state index contributed by atoms with van der Waals surface area (Å²) in [5.74, 6) is -9.89. The molecular formula is C19H18F4N2O2S. The maximum absolute atomic E-state index is 14.0. The SMILES string of the molecule is CCC(C)c1ccccc1NC(=S)NC(=O)c1c(F)c(F)c(OC)c(F)c1F. The van der Waals surface area contributed by atoms with Gasteiger partial charge in [-0.25, -0.2) is 8.78 Å². The van der Waals surface area contributed by atoms with Crippen molar-refractivity contribution in [2.45, 2.75) is 26.2 Å². The van der Waals surface area contributed by atoms with Crippen LogP contribution in [0.4, 0.5) is 23.2 Å². The average Bonchev–Trinajstić information content (AvgIpc) is 2.66. The van der Waals surface area contributed by atoms with Crippen LogP contribution in [0.2, 0.25) is 0 Å². The number of methoxy groups -OCH3 is 1. The Morgan fingerprint density at radius 3 is 2.21 bits per heavy atom. The monoisotopic (exact) mass is 414 g/mol. The molecule has 0 bridgehead atoms. The summed E-state index contributed by atoms with van der Waals surface area (Å²) >= 11 is 5.00. The van der Waals surface area contributed by atoms with Crippen molar-refractivity contribution in [3.8, 4) is 5.75 Å². The smallest absolute Gasteiger partial charge is 0.263 e. The lowest BCUT2D eigenvalue weighted by Gasteiger charge is -2.17. The summed E-state index contributed by atoms with van der Waals surface area (Å²) in [6.45, 7) is 4.00. The van der Waals surface area contributed by atoms with Gasteiger partial charge >= 0.3 is 0 Å². The first kappa shape index (κ1) is 21.6. The van der Waals surface area contributed by atoms with E-state index in [9.17, 15) is 22.4 Å². The molecule has 2 N–H and O–H groups in total. The molecule has 1 unspecified atom stereocenters. The van der Waals surface area contributed by atoms with Gasteiger partial charge in [0, 0.05) is 5.69 Å². The van der Waals surface area contributed by atoms with E-state index < -0.39 is 40.5 Å². The summed E-state index contributed by atoms with van der Waals surface area (Å²) in [4.78, 5) is 12.2. The zero-order valence-corrected chi connectivity index (χ0v) is 16.1. The van der Waals surface area contributed by atoms with Crippen molar-refractivity contribution in [3.63, 3.8) is 0 Å². The Labute approximate surface area is 164 Å². The number of halogens is 4. The van der Waals surface area contributed by atoms with Gasteiger partial charge in [-0.3, -0.25) is 10.1 Å². The fraction of sp³-hybridized carbons (Fsp3) is 0.263. The second kappa shape index (κ2) is 9.01. The zero-order chi connectivity index (χ0) is 21.0. The van der Waals surface area contributed by atoms with Gasteiger partial charge in [0.1, 0.15) is 5.56 Å². The normalized spacial score (nSPS) is 11.7. The third kappa shape index (κ3) is 4.24. The van der Waals surface area contributed by atoms with Crippen LogP contribution in [0, 0.1) is 23.3 Å². The molecule has 0 radical (unpaired) electrons. The summed E-state index contributed by atoms with van der Waals surface area (Å²) in [6.07, 6.45) is 0.846. The molecule has 9 heteroatoms. The molecule has 2 aromatic carbocycles. The molecule has 150 valence electrons. The summed E-state index contributed by atoms with van der Waals surface area (Å²) in [7, 11) is 0.841. The van der Waals surface area contributed by atoms with Gasteiger partial charge in [-0.2, -0.15) is 8.78 Å². The molecule has 2 aromatic rings. The molecule has 4 nitrogen and oxygen atoms in total. The van der Waals surface area contributed by atoms with Crippen LogP contribution < -0.4 is 15.4 Å². The lowest BCUT2D eigenvalue weighted by Crippen LogP contribution is -2.36. The topological polar surface area (TPSA) is 50.4 Å². The van der Waals surface area contributed by atoms with E-state index in [1.807, 2.05) is 31.3 Å². The maximum atomic E-state index is 14.0. The molecule has 0 spiro atoms. The van der Waals surface area contributed by atoms with Gasteiger partial charge in [0.25, 0.3) is 5.91 Å². The molecule has 0 aliphatic carbocycles. The lowest BCUT2D eigenvalue weighted by molar-refractivity contribution is 0.0966. The minimum Gasteiger partial charge on any atom is -0.491 e. The molecular weight excluding hydrogens is 396 g/mol. The van der Waals surface area contributed by atoms with Gasteiger partial charge in [-0.1, -0.05) is 32.0 Å². The highest BCUT2D eigenvalue weighted by atomic mass is 32.1. The Kier molecular flexibility index (Phi) is 6.95. The lowest BCUT2D eigenvalue weighted by atomic mass is 9.97. The second-order valence-corrected chi connectivity index (χ2v) is 6.38. The number of rotatable bonds is 5. The van der Waals surface area contributed by atoms with Crippen LogP contribution in [0.5, 0.6) is 5.75 Å². The number of anilines is 1. The van der Waals surface area contributed by atoms with Crippen LogP contribution in [0.1, 0.15) is 42.1 Å². The first-order chi connectivity index (χ1) is 13.2. The first-order valence-corrected chi connectivity index (χ1v) is 8.74. The maximum Gasteiger partial charge on any atom is 0.263 e. The molecule has 1 atom stereocenters. The van der Waals surface area contributed by atoms with Crippen molar-refractivity contribution < 1.29 is 27.1 Å². The third-order valence-corrected chi connectivity index (χ3v) is 4.44. The summed E-state index contributed by atoms with van der Waals surface area (Å²) in [5.41, 5.74) is 0.0749. The highest BCUT2D eigenvalue weighted by Crippen LogP contribution is 2.30. The molecule has 2 rings (SSSR count). The zero-order valence-electron chi connectivity index (χ0n) is 15.3. The van der Waals surface area contributed by atoms with E-state index in [1.54, 1.807) is 12.1 Å². The molecule has 0 fully saturated rings. The highest BCUT2D eigenvalue weighted by molar-refractivity contribution is 7.80. The number of carbonyl (C=O) groups excluding carboxylic acids is 1. The van der Waals surface area contributed by atoms with Crippen LogP contribution in [-0.4, -0.2) is 18.1 Å². The van der Waals surface area contributed by atoms with Gasteiger partial charge in [-0.05, 0) is 36.2 Å². The van der Waals surface area contributed by atoms with Crippen LogP contribution in [0.3, 0.4) is 0 Å². The number of hydrogen-bond acceptors (Lipinski definition) is 3. The van der Waals surface area contributed by atoms with Gasteiger partial charge in [0.05, 0.1) is 7.11 Å². The summed E-state index contributed by atoms with van der Waals surface area (Å²) in [6, 6.07) is 7.16. The Hall–Kier alpha value is -2.68. The molecule has 0 saturated carbocycles. The number of para-hydroxylation sites is 1. The minimum atomic E-state index is -1.88. The number of benzene rings is 2. The molecule has 0 aromatic heterocycles. The quantitative estimate of drug-likeness (QED) is 0.416. The standard InChI is InChI=1S/C19H18F4N2O2S/c1-4-9(2)10-7-5-6-8-11(10)24-19(28)25-18(26)12-13(20)15(22)17(27-3)16(23)14(12)21/h5-9H,4H2,1-3H3,(H2,24,25,26,28). The van der Waals surface area contributed by atoms with Crippen LogP contribution in [-0.2, 0) is 0 Å². The molecule has 0 aliphatic rings. The van der Waals surface area contributed by atoms with Crippen molar-refractivity contribution in [1.82, 2.24) is 5.32 Å². The minimum absolute atomic E-state index is 0.182. The van der Waals surface area contributed by atoms with Crippen LogP contribution >= 0.6 is 12.2 Å². The predicted molar refractivity (Wildman–Crippen MR) is 102 cm³/mol. The molecule has 0 heterocycles. The Morgan fingerprint density at radius 1 is 1.11 bits per heavy atom. The summed E-state index contributed by atoms with van der Waals surface area (Å²) in [5, 5.41) is 4.51. The van der Waals surface area contributed by atoms with E-state index in [0.29, 0.717) is 5.69 Å². The number of carbonyl (C=O) groups is 1. The first-order valence-electron chi connectivity index (χ1n) is 8.34. The fourth-order valence-corrected chi connectivity index (χ4v) is 2.77. The van der Waals surface area contributed by atoms with E-state index >= 15 is 0 Å². The fourth-order valence-electron chi connectivity index (χ4n) is 2.57. The van der Waals surface area contributed by atoms with Crippen molar-refractivity contribution >= 4 is 28.9 Å². The predicted octanol–water partition coefficient (Wildman–Crippen LogP) is 4.89. The number of ether oxygens (including phenoxy) is 1. The van der Waals surface area contributed by atoms with E-state index in [2.05, 4.69) is 10.1 Å². The van der Waals surface area contributed by atoms with Gasteiger partial charge in [0.15, 0.2) is 22.5 Å². The number of thiocarbonyl (C=S) groups is 1. The number of hydrogen-bond donors (Lipinski definition) is 2. The molecule has 0 aliphatic heterocycles. The van der Waals surface area contributed by atoms with Gasteiger partial charge in [0.2, 0.25) is 11.6 Å². The Balaban J connectivity index is 2.27. The Bertz CT molecular complexity index is 892. The second-order valence-electron chi connectivity index (χ2n) is 5.97. The van der Waals surface area contributed by atoms with Crippen molar-refractivity contribution in [3.05, 3.63) is 58.7 Å². The highest BCUT2D eigenvalue weighted by Gasteiger charge is 2.30. The van der Waals surface area contributed by atoms with Crippen LogP contribution in [0.25, 0.3) is 0 Å². The van der Waals surface area contributed by atoms with E-state index in [-0.39, 0.29) is 11.0 Å². The van der Waals surface area contributed by atoms with E-state index in [1.165, 1.54) is 0 Å². The van der Waals surface area contributed by atoms with Crippen molar-refractivity contribution in [1.29, 1.82) is 0 Å². The summed E-state index contributed by atoms with van der Waals surface area (Å²) < 4.78 is 60.0. The Morgan fingerprint density at radius 2 is 1.68 bits per heavy atom. The number of amides is 1. The van der Waals surface area contributed by atoms with E-state index in [0.717, 1.165) is 19.1 Å². The number of nitrogens with one attached hydrogen (secondary N) is 2. The van der Waals surface area contributed by atoms with Crippen molar-refractivity contribution in [2.24, 2.45) is 0 Å². The van der Waals surface area contributed by atoms with Crippen LogP contribution in [0.15, 0.2) is 24.3 Å². The molecule has 0 saturated heterocycles. The largest absolute Gasteiger partial charge is 0.491 e. The van der Waals surface area contributed by atoms with Gasteiger partial charge in [-0.15, -0.1) is 0 Å². The molecule has 1 amide bonds. The van der Waals surface area contributed by atoms with E-state index in [4.69, 9.17) is 12.2 Å². The van der Waals surface area contributed by atoms with Gasteiger partial charge < -0.3 is 10.1 Å². The molecule has 28 heavy (non-hydrogen) atoms.